The van der Waals surface area contributed by atoms with E-state index in [1.165, 1.54) is 24.9 Å². The van der Waals surface area contributed by atoms with Crippen LogP contribution in [0.3, 0.4) is 0 Å². The number of aromatic amines is 1. The van der Waals surface area contributed by atoms with E-state index in [4.69, 9.17) is 0 Å². The first-order valence-corrected chi connectivity index (χ1v) is 5.79. The van der Waals surface area contributed by atoms with Crippen LogP contribution in [0.4, 0.5) is 0 Å². The Morgan fingerprint density at radius 2 is 2.53 bits per heavy atom. The number of nitrogens with one attached hydrogen (secondary N) is 1. The summed E-state index contributed by atoms with van der Waals surface area (Å²) in [6, 6.07) is 2.69. The fourth-order valence-corrected chi connectivity index (χ4v) is 2.46. The van der Waals surface area contributed by atoms with Crippen molar-refractivity contribution in [3.63, 3.8) is 0 Å². The van der Waals surface area contributed by atoms with Gasteiger partial charge in [-0.3, -0.25) is 4.90 Å². The summed E-state index contributed by atoms with van der Waals surface area (Å²) in [7, 11) is 0. The SMILES string of the molecule is CC(O)CC1CCCN1Cc1cc[nH]c1. The topological polar surface area (TPSA) is 39.3 Å². The minimum absolute atomic E-state index is 0.179. The predicted octanol–water partition coefficient (Wildman–Crippen LogP) is 1.75. The molecule has 0 aromatic carbocycles. The molecule has 1 fully saturated rings. The van der Waals surface area contributed by atoms with Gasteiger partial charge in [-0.25, -0.2) is 0 Å². The van der Waals surface area contributed by atoms with Crippen molar-refractivity contribution in [2.75, 3.05) is 6.54 Å². The van der Waals surface area contributed by atoms with Gasteiger partial charge in [-0.15, -0.1) is 0 Å². The summed E-state index contributed by atoms with van der Waals surface area (Å²) in [5.41, 5.74) is 1.34. The van der Waals surface area contributed by atoms with E-state index in [-0.39, 0.29) is 6.10 Å². The van der Waals surface area contributed by atoms with Gasteiger partial charge in [0.1, 0.15) is 0 Å². The van der Waals surface area contributed by atoms with Gasteiger partial charge in [0.15, 0.2) is 0 Å². The lowest BCUT2D eigenvalue weighted by molar-refractivity contribution is 0.131. The van der Waals surface area contributed by atoms with Crippen LogP contribution in [-0.4, -0.2) is 33.7 Å². The molecule has 1 aliphatic rings. The monoisotopic (exact) mass is 208 g/mol. The average molecular weight is 208 g/mol. The van der Waals surface area contributed by atoms with E-state index in [2.05, 4.69) is 22.1 Å². The molecule has 0 radical (unpaired) electrons. The summed E-state index contributed by atoms with van der Waals surface area (Å²) < 4.78 is 0. The molecule has 1 aromatic heterocycles. The lowest BCUT2D eigenvalue weighted by Crippen LogP contribution is -2.31. The number of nitrogens with zero attached hydrogens (tertiary/aromatic N) is 1. The molecule has 3 nitrogen and oxygen atoms in total. The predicted molar refractivity (Wildman–Crippen MR) is 60.5 cm³/mol. The van der Waals surface area contributed by atoms with Crippen molar-refractivity contribution < 1.29 is 5.11 Å². The minimum atomic E-state index is -0.179. The van der Waals surface area contributed by atoms with Crippen LogP contribution >= 0.6 is 0 Å². The zero-order chi connectivity index (χ0) is 10.7. The molecule has 3 heteroatoms. The van der Waals surface area contributed by atoms with Gasteiger partial charge in [-0.1, -0.05) is 0 Å². The van der Waals surface area contributed by atoms with Gasteiger partial charge in [-0.05, 0) is 44.4 Å². The molecule has 0 saturated carbocycles. The molecule has 1 aromatic rings. The molecule has 15 heavy (non-hydrogen) atoms. The van der Waals surface area contributed by atoms with Crippen LogP contribution in [0, 0.1) is 0 Å². The minimum Gasteiger partial charge on any atom is -0.393 e. The van der Waals surface area contributed by atoms with Gasteiger partial charge in [0.2, 0.25) is 0 Å². The van der Waals surface area contributed by atoms with E-state index >= 15 is 0 Å². The van der Waals surface area contributed by atoms with E-state index in [9.17, 15) is 5.11 Å². The zero-order valence-corrected chi connectivity index (χ0v) is 9.32. The standard InChI is InChI=1S/C12H20N2O/c1-10(15)7-12-3-2-6-14(12)9-11-4-5-13-8-11/h4-5,8,10,12-13,15H,2-3,6-7,9H2,1H3. The molecule has 2 N–H and O–H groups in total. The summed E-state index contributed by atoms with van der Waals surface area (Å²) in [6.45, 7) is 4.07. The number of rotatable bonds is 4. The quantitative estimate of drug-likeness (QED) is 0.791. The Balaban J connectivity index is 1.90. The third kappa shape index (κ3) is 2.83. The van der Waals surface area contributed by atoms with Crippen molar-refractivity contribution >= 4 is 0 Å². The number of likely N-dealkylation sites (tertiary alicyclic amines) is 1. The van der Waals surface area contributed by atoms with Crippen molar-refractivity contribution in [1.29, 1.82) is 0 Å². The van der Waals surface area contributed by atoms with Gasteiger partial charge in [-0.2, -0.15) is 0 Å². The second kappa shape index (κ2) is 4.81. The molecule has 2 heterocycles. The Labute approximate surface area is 91.1 Å². The van der Waals surface area contributed by atoms with E-state index < -0.39 is 0 Å². The van der Waals surface area contributed by atoms with Crippen LogP contribution < -0.4 is 0 Å². The third-order valence-corrected chi connectivity index (χ3v) is 3.16. The molecule has 0 aliphatic carbocycles. The Hall–Kier alpha value is -0.800. The van der Waals surface area contributed by atoms with E-state index in [1.807, 2.05) is 13.1 Å². The van der Waals surface area contributed by atoms with Crippen molar-refractivity contribution in [2.24, 2.45) is 0 Å². The molecule has 0 amide bonds. The van der Waals surface area contributed by atoms with Crippen LogP contribution in [0.15, 0.2) is 18.5 Å². The highest BCUT2D eigenvalue weighted by Crippen LogP contribution is 2.23. The van der Waals surface area contributed by atoms with E-state index in [0.29, 0.717) is 6.04 Å². The summed E-state index contributed by atoms with van der Waals surface area (Å²) in [6.07, 6.45) is 7.25. The Morgan fingerprint density at radius 3 is 3.20 bits per heavy atom. The summed E-state index contributed by atoms with van der Waals surface area (Å²) >= 11 is 0. The van der Waals surface area contributed by atoms with Gasteiger partial charge >= 0.3 is 0 Å². The van der Waals surface area contributed by atoms with Crippen molar-refractivity contribution in [3.8, 4) is 0 Å². The fraction of sp³-hybridized carbons (Fsp3) is 0.667. The van der Waals surface area contributed by atoms with Gasteiger partial charge in [0.25, 0.3) is 0 Å². The molecular weight excluding hydrogens is 188 g/mol. The summed E-state index contributed by atoms with van der Waals surface area (Å²) in [5.74, 6) is 0. The lowest BCUT2D eigenvalue weighted by atomic mass is 10.1. The van der Waals surface area contributed by atoms with E-state index in [1.54, 1.807) is 0 Å². The first kappa shape index (κ1) is 10.7. The maximum absolute atomic E-state index is 9.42. The molecule has 1 aliphatic heterocycles. The largest absolute Gasteiger partial charge is 0.393 e. The Kier molecular flexibility index (Phi) is 3.44. The summed E-state index contributed by atoms with van der Waals surface area (Å²) in [5, 5.41) is 9.42. The molecule has 84 valence electrons. The first-order chi connectivity index (χ1) is 7.25. The zero-order valence-electron chi connectivity index (χ0n) is 9.32. The maximum Gasteiger partial charge on any atom is 0.0527 e. The van der Waals surface area contributed by atoms with E-state index in [0.717, 1.165) is 13.0 Å². The average Bonchev–Trinajstić information content (AvgIpc) is 2.78. The second-order valence-corrected chi connectivity index (χ2v) is 4.57. The van der Waals surface area contributed by atoms with Gasteiger partial charge < -0.3 is 10.1 Å². The van der Waals surface area contributed by atoms with Gasteiger partial charge in [0, 0.05) is 25.0 Å². The third-order valence-electron chi connectivity index (χ3n) is 3.16. The molecule has 0 bridgehead atoms. The highest BCUT2D eigenvalue weighted by atomic mass is 16.3. The summed E-state index contributed by atoms with van der Waals surface area (Å²) in [4.78, 5) is 5.57. The maximum atomic E-state index is 9.42. The van der Waals surface area contributed by atoms with Crippen LogP contribution in [0.1, 0.15) is 31.7 Å². The molecule has 2 atom stereocenters. The van der Waals surface area contributed by atoms with Gasteiger partial charge in [0.05, 0.1) is 6.10 Å². The molecule has 1 saturated heterocycles. The van der Waals surface area contributed by atoms with Crippen LogP contribution in [0.2, 0.25) is 0 Å². The number of H-pyrrole nitrogens is 1. The highest BCUT2D eigenvalue weighted by Gasteiger charge is 2.25. The lowest BCUT2D eigenvalue weighted by Gasteiger charge is -2.24. The first-order valence-electron chi connectivity index (χ1n) is 5.79. The van der Waals surface area contributed by atoms with Crippen LogP contribution in [0.5, 0.6) is 0 Å². The van der Waals surface area contributed by atoms with Crippen molar-refractivity contribution in [3.05, 3.63) is 24.0 Å². The second-order valence-electron chi connectivity index (χ2n) is 4.57. The number of aliphatic hydroxyl groups is 1. The number of hydrogen-bond acceptors (Lipinski definition) is 2. The molecular formula is C12H20N2O. The molecule has 0 spiro atoms. The fourth-order valence-electron chi connectivity index (χ4n) is 2.46. The molecule has 2 rings (SSSR count). The molecule has 2 unspecified atom stereocenters. The smallest absolute Gasteiger partial charge is 0.0527 e. The van der Waals surface area contributed by atoms with Crippen LogP contribution in [-0.2, 0) is 6.54 Å². The highest BCUT2D eigenvalue weighted by molar-refractivity contribution is 5.08. The Bertz CT molecular complexity index is 282. The van der Waals surface area contributed by atoms with Crippen molar-refractivity contribution in [2.45, 2.75) is 44.9 Å². The van der Waals surface area contributed by atoms with Crippen LogP contribution in [0.25, 0.3) is 0 Å². The Morgan fingerprint density at radius 1 is 1.67 bits per heavy atom. The number of hydrogen-bond donors (Lipinski definition) is 2. The normalized spacial score (nSPS) is 24.5. The number of aromatic nitrogens is 1. The van der Waals surface area contributed by atoms with Crippen molar-refractivity contribution in [1.82, 2.24) is 9.88 Å². The number of aliphatic hydroxyl groups excluding tert-OH is 1.